The Labute approximate surface area is 103 Å². The molecule has 0 aliphatic heterocycles. The van der Waals surface area contributed by atoms with Crippen LogP contribution in [0.5, 0.6) is 5.75 Å². The molecule has 0 amide bonds. The molecular weight excluding hydrogens is 217 g/mol. The molecule has 0 radical (unpaired) electrons. The Balaban J connectivity index is 2.57. The summed E-state index contributed by atoms with van der Waals surface area (Å²) in [4.78, 5) is 0. The predicted octanol–water partition coefficient (Wildman–Crippen LogP) is 3.66. The average molecular weight is 239 g/mol. The fourth-order valence-electron chi connectivity index (χ4n) is 1.83. The zero-order chi connectivity index (χ0) is 12.8. The van der Waals surface area contributed by atoms with Gasteiger partial charge in [-0.3, -0.25) is 0 Å². The van der Waals surface area contributed by atoms with Crippen LogP contribution in [0.2, 0.25) is 0 Å². The lowest BCUT2D eigenvalue weighted by Crippen LogP contribution is -2.11. The van der Waals surface area contributed by atoms with Gasteiger partial charge in [0.05, 0.1) is 7.11 Å². The van der Waals surface area contributed by atoms with Crippen molar-refractivity contribution in [1.29, 1.82) is 0 Å². The van der Waals surface area contributed by atoms with Gasteiger partial charge < -0.3 is 10.5 Å². The minimum absolute atomic E-state index is 0.0887. The van der Waals surface area contributed by atoms with E-state index in [1.165, 1.54) is 13.2 Å². The molecule has 0 bridgehead atoms. The van der Waals surface area contributed by atoms with Crippen LogP contribution in [-0.4, -0.2) is 7.11 Å². The van der Waals surface area contributed by atoms with Gasteiger partial charge in [0, 0.05) is 6.04 Å². The molecule has 0 heterocycles. The maximum Gasteiger partial charge on any atom is 0.165 e. The summed E-state index contributed by atoms with van der Waals surface area (Å²) in [6, 6.07) is 4.85. The summed E-state index contributed by atoms with van der Waals surface area (Å²) in [6.45, 7) is 4.39. The maximum absolute atomic E-state index is 13.5. The van der Waals surface area contributed by atoms with Gasteiger partial charge in [-0.25, -0.2) is 4.39 Å². The molecule has 0 aromatic heterocycles. The summed E-state index contributed by atoms with van der Waals surface area (Å²) in [6.07, 6.45) is 3.13. The SMILES string of the molecule is COc1ccc(C(N)CCCC(C)C)cc1F. The molecular formula is C14H22FNO. The molecule has 1 atom stereocenters. The van der Waals surface area contributed by atoms with Crippen LogP contribution >= 0.6 is 0 Å². The molecule has 0 aliphatic carbocycles. The zero-order valence-electron chi connectivity index (χ0n) is 10.9. The lowest BCUT2D eigenvalue weighted by atomic mass is 9.98. The molecule has 3 heteroatoms. The summed E-state index contributed by atoms with van der Waals surface area (Å²) < 4.78 is 18.4. The van der Waals surface area contributed by atoms with E-state index in [2.05, 4.69) is 13.8 Å². The fourth-order valence-corrected chi connectivity index (χ4v) is 1.83. The minimum atomic E-state index is -0.343. The van der Waals surface area contributed by atoms with Gasteiger partial charge in [0.15, 0.2) is 11.6 Å². The Morgan fingerprint density at radius 2 is 2.00 bits per heavy atom. The molecule has 0 spiro atoms. The van der Waals surface area contributed by atoms with E-state index in [0.717, 1.165) is 24.8 Å². The molecule has 0 fully saturated rings. The van der Waals surface area contributed by atoms with Crippen LogP contribution < -0.4 is 10.5 Å². The van der Waals surface area contributed by atoms with Crippen LogP contribution in [0, 0.1) is 11.7 Å². The summed E-state index contributed by atoms with van der Waals surface area (Å²) >= 11 is 0. The maximum atomic E-state index is 13.5. The van der Waals surface area contributed by atoms with Crippen LogP contribution in [0.3, 0.4) is 0 Å². The molecule has 1 aromatic carbocycles. The standard InChI is InChI=1S/C14H22FNO/c1-10(2)5-4-6-13(16)11-7-8-14(17-3)12(15)9-11/h7-10,13H,4-6,16H2,1-3H3. The van der Waals surface area contributed by atoms with E-state index in [9.17, 15) is 4.39 Å². The van der Waals surface area contributed by atoms with E-state index in [4.69, 9.17) is 10.5 Å². The molecule has 1 rings (SSSR count). The van der Waals surface area contributed by atoms with Crippen molar-refractivity contribution in [3.8, 4) is 5.75 Å². The fraction of sp³-hybridized carbons (Fsp3) is 0.571. The Morgan fingerprint density at radius 3 is 2.53 bits per heavy atom. The lowest BCUT2D eigenvalue weighted by Gasteiger charge is -2.13. The van der Waals surface area contributed by atoms with Crippen molar-refractivity contribution in [2.45, 2.75) is 39.2 Å². The van der Waals surface area contributed by atoms with Crippen molar-refractivity contribution in [2.75, 3.05) is 7.11 Å². The van der Waals surface area contributed by atoms with E-state index < -0.39 is 0 Å². The highest BCUT2D eigenvalue weighted by atomic mass is 19.1. The van der Waals surface area contributed by atoms with E-state index in [1.54, 1.807) is 6.07 Å². The highest BCUT2D eigenvalue weighted by Crippen LogP contribution is 2.23. The molecule has 17 heavy (non-hydrogen) atoms. The van der Waals surface area contributed by atoms with E-state index in [-0.39, 0.29) is 17.6 Å². The first-order valence-electron chi connectivity index (χ1n) is 6.13. The first kappa shape index (κ1) is 14.0. The largest absolute Gasteiger partial charge is 0.494 e. The highest BCUT2D eigenvalue weighted by molar-refractivity contribution is 5.30. The monoisotopic (exact) mass is 239 g/mol. The third-order valence-corrected chi connectivity index (χ3v) is 2.90. The quantitative estimate of drug-likeness (QED) is 0.822. The van der Waals surface area contributed by atoms with Gasteiger partial charge in [-0.2, -0.15) is 0 Å². The molecule has 2 nitrogen and oxygen atoms in total. The van der Waals surface area contributed by atoms with Crippen molar-refractivity contribution < 1.29 is 9.13 Å². The molecule has 96 valence electrons. The Morgan fingerprint density at radius 1 is 1.29 bits per heavy atom. The molecule has 0 saturated heterocycles. The average Bonchev–Trinajstić information content (AvgIpc) is 2.28. The van der Waals surface area contributed by atoms with Gasteiger partial charge in [-0.15, -0.1) is 0 Å². The van der Waals surface area contributed by atoms with Crippen molar-refractivity contribution in [3.05, 3.63) is 29.6 Å². The van der Waals surface area contributed by atoms with E-state index in [1.807, 2.05) is 6.07 Å². The topological polar surface area (TPSA) is 35.2 Å². The third kappa shape index (κ3) is 4.35. The van der Waals surface area contributed by atoms with Crippen LogP contribution in [-0.2, 0) is 0 Å². The second-order valence-electron chi connectivity index (χ2n) is 4.83. The van der Waals surface area contributed by atoms with Gasteiger partial charge in [0.1, 0.15) is 0 Å². The summed E-state index contributed by atoms with van der Waals surface area (Å²) in [5.41, 5.74) is 6.87. The second-order valence-corrected chi connectivity index (χ2v) is 4.83. The highest BCUT2D eigenvalue weighted by Gasteiger charge is 2.10. The van der Waals surface area contributed by atoms with Crippen LogP contribution in [0.1, 0.15) is 44.7 Å². The van der Waals surface area contributed by atoms with Crippen LogP contribution in [0.4, 0.5) is 4.39 Å². The number of ether oxygens (including phenoxy) is 1. The lowest BCUT2D eigenvalue weighted by molar-refractivity contribution is 0.385. The third-order valence-electron chi connectivity index (χ3n) is 2.90. The second kappa shape index (κ2) is 6.60. The minimum Gasteiger partial charge on any atom is -0.494 e. The van der Waals surface area contributed by atoms with Crippen molar-refractivity contribution >= 4 is 0 Å². The molecule has 0 saturated carbocycles. The zero-order valence-corrected chi connectivity index (χ0v) is 10.9. The number of hydrogen-bond acceptors (Lipinski definition) is 2. The van der Waals surface area contributed by atoms with Gasteiger partial charge in [-0.1, -0.05) is 32.8 Å². The summed E-state index contributed by atoms with van der Waals surface area (Å²) in [5, 5.41) is 0. The first-order valence-corrected chi connectivity index (χ1v) is 6.13. The van der Waals surface area contributed by atoms with Gasteiger partial charge >= 0.3 is 0 Å². The van der Waals surface area contributed by atoms with E-state index in [0.29, 0.717) is 5.92 Å². The van der Waals surface area contributed by atoms with Crippen molar-refractivity contribution in [3.63, 3.8) is 0 Å². The number of hydrogen-bond donors (Lipinski definition) is 1. The van der Waals surface area contributed by atoms with Gasteiger partial charge in [-0.05, 0) is 30.0 Å². The smallest absolute Gasteiger partial charge is 0.165 e. The number of halogens is 1. The predicted molar refractivity (Wildman–Crippen MR) is 68.6 cm³/mol. The van der Waals surface area contributed by atoms with Gasteiger partial charge in [0.25, 0.3) is 0 Å². The Bertz CT molecular complexity index is 352. The van der Waals surface area contributed by atoms with Crippen LogP contribution in [0.15, 0.2) is 18.2 Å². The van der Waals surface area contributed by atoms with Gasteiger partial charge in [0.2, 0.25) is 0 Å². The first-order chi connectivity index (χ1) is 8.04. The van der Waals surface area contributed by atoms with Crippen molar-refractivity contribution in [2.24, 2.45) is 11.7 Å². The molecule has 1 unspecified atom stereocenters. The number of benzene rings is 1. The molecule has 0 aliphatic rings. The van der Waals surface area contributed by atoms with Crippen molar-refractivity contribution in [1.82, 2.24) is 0 Å². The molecule has 2 N–H and O–H groups in total. The Hall–Kier alpha value is -1.09. The molecule has 1 aromatic rings. The number of nitrogens with two attached hydrogens (primary N) is 1. The van der Waals surface area contributed by atoms with Crippen LogP contribution in [0.25, 0.3) is 0 Å². The Kier molecular flexibility index (Phi) is 5.42. The number of methoxy groups -OCH3 is 1. The van der Waals surface area contributed by atoms with E-state index >= 15 is 0 Å². The summed E-state index contributed by atoms with van der Waals surface area (Å²) in [5.74, 6) is 0.613. The number of rotatable bonds is 6. The normalized spacial score (nSPS) is 12.8. The summed E-state index contributed by atoms with van der Waals surface area (Å²) in [7, 11) is 1.46.